The minimum absolute atomic E-state index is 0.310. The summed E-state index contributed by atoms with van der Waals surface area (Å²) in [7, 11) is 0. The molecule has 0 unspecified atom stereocenters. The molecule has 23 heavy (non-hydrogen) atoms. The summed E-state index contributed by atoms with van der Waals surface area (Å²) in [6.45, 7) is 2.26. The van der Waals surface area contributed by atoms with Gasteiger partial charge in [-0.15, -0.1) is 0 Å². The van der Waals surface area contributed by atoms with Crippen molar-refractivity contribution in [2.75, 3.05) is 0 Å². The van der Waals surface area contributed by atoms with Crippen LogP contribution in [0.25, 0.3) is 0 Å². The molecule has 0 aromatic heterocycles. The number of hydrogen-bond acceptors (Lipinski definition) is 2. The van der Waals surface area contributed by atoms with Gasteiger partial charge < -0.3 is 10.2 Å². The van der Waals surface area contributed by atoms with Gasteiger partial charge >= 0.3 is 5.97 Å². The predicted octanol–water partition coefficient (Wildman–Crippen LogP) is 5.86. The van der Waals surface area contributed by atoms with E-state index in [0.29, 0.717) is 12.8 Å². The third-order valence-corrected chi connectivity index (χ3v) is 4.28. The standard InChI is InChI=1S/C20H38O3/c1-2-3-4-5-6-7-8-9-10-11-12-13-14-15-16-17-18-19(21)20(22)23/h15-16,19,21H,2-14,17-18H2,1H3,(H,22,23)/b16-15-/t19-/m0/s1. The highest BCUT2D eigenvalue weighted by Gasteiger charge is 2.10. The van der Waals surface area contributed by atoms with Gasteiger partial charge in [0.05, 0.1) is 0 Å². The first-order chi connectivity index (χ1) is 11.2. The van der Waals surface area contributed by atoms with Crippen molar-refractivity contribution in [2.24, 2.45) is 0 Å². The van der Waals surface area contributed by atoms with Crippen LogP contribution in [0.2, 0.25) is 0 Å². The van der Waals surface area contributed by atoms with Gasteiger partial charge in [-0.05, 0) is 25.7 Å². The Morgan fingerprint density at radius 1 is 0.783 bits per heavy atom. The summed E-state index contributed by atoms with van der Waals surface area (Å²) in [6, 6.07) is 0. The molecule has 0 amide bonds. The van der Waals surface area contributed by atoms with Gasteiger partial charge in [0.1, 0.15) is 0 Å². The molecular weight excluding hydrogens is 288 g/mol. The molecule has 0 saturated heterocycles. The van der Waals surface area contributed by atoms with E-state index in [9.17, 15) is 4.79 Å². The van der Waals surface area contributed by atoms with Crippen LogP contribution >= 0.6 is 0 Å². The van der Waals surface area contributed by atoms with Crippen molar-refractivity contribution >= 4 is 5.97 Å². The number of unbranched alkanes of at least 4 members (excludes halogenated alkanes) is 12. The summed E-state index contributed by atoms with van der Waals surface area (Å²) < 4.78 is 0. The van der Waals surface area contributed by atoms with E-state index in [1.165, 1.54) is 77.0 Å². The minimum atomic E-state index is -1.22. The van der Waals surface area contributed by atoms with E-state index in [1.54, 1.807) is 0 Å². The molecule has 0 aromatic carbocycles. The third kappa shape index (κ3) is 17.4. The van der Waals surface area contributed by atoms with Crippen LogP contribution in [0, 0.1) is 0 Å². The molecule has 0 aliphatic heterocycles. The van der Waals surface area contributed by atoms with E-state index in [1.807, 2.05) is 6.08 Å². The quantitative estimate of drug-likeness (QED) is 0.260. The summed E-state index contributed by atoms with van der Waals surface area (Å²) in [5, 5.41) is 17.6. The smallest absolute Gasteiger partial charge is 0.332 e. The van der Waals surface area contributed by atoms with Crippen molar-refractivity contribution in [3.05, 3.63) is 12.2 Å². The highest BCUT2D eigenvalue weighted by atomic mass is 16.4. The summed E-state index contributed by atoms with van der Waals surface area (Å²) in [6.07, 6.45) is 21.3. The topological polar surface area (TPSA) is 57.5 Å². The molecule has 0 spiro atoms. The van der Waals surface area contributed by atoms with E-state index in [-0.39, 0.29) is 0 Å². The monoisotopic (exact) mass is 326 g/mol. The highest BCUT2D eigenvalue weighted by molar-refractivity contribution is 5.71. The largest absolute Gasteiger partial charge is 0.479 e. The van der Waals surface area contributed by atoms with E-state index >= 15 is 0 Å². The van der Waals surface area contributed by atoms with Gasteiger partial charge in [-0.25, -0.2) is 4.79 Å². The maximum Gasteiger partial charge on any atom is 0.332 e. The van der Waals surface area contributed by atoms with Crippen LogP contribution in [0.4, 0.5) is 0 Å². The first kappa shape index (κ1) is 22.2. The first-order valence-electron chi connectivity index (χ1n) is 9.74. The van der Waals surface area contributed by atoms with Crippen molar-refractivity contribution < 1.29 is 15.0 Å². The molecule has 136 valence electrons. The van der Waals surface area contributed by atoms with Gasteiger partial charge in [0.25, 0.3) is 0 Å². The average Bonchev–Trinajstić information content (AvgIpc) is 2.54. The minimum Gasteiger partial charge on any atom is -0.479 e. The summed E-state index contributed by atoms with van der Waals surface area (Å²) >= 11 is 0. The molecule has 0 radical (unpaired) electrons. The van der Waals surface area contributed by atoms with Crippen LogP contribution in [-0.4, -0.2) is 22.3 Å². The Morgan fingerprint density at radius 3 is 1.70 bits per heavy atom. The van der Waals surface area contributed by atoms with Gasteiger partial charge in [0.15, 0.2) is 6.10 Å². The summed E-state index contributed by atoms with van der Waals surface area (Å²) in [4.78, 5) is 10.4. The molecule has 3 heteroatoms. The van der Waals surface area contributed by atoms with Gasteiger partial charge in [0.2, 0.25) is 0 Å². The van der Waals surface area contributed by atoms with Crippen LogP contribution in [0.15, 0.2) is 12.2 Å². The van der Waals surface area contributed by atoms with Crippen LogP contribution in [-0.2, 0) is 4.79 Å². The van der Waals surface area contributed by atoms with E-state index in [2.05, 4.69) is 13.0 Å². The number of aliphatic hydroxyl groups is 1. The second kappa shape index (κ2) is 17.5. The lowest BCUT2D eigenvalue weighted by Gasteiger charge is -2.02. The number of allylic oxidation sites excluding steroid dienone is 2. The Labute approximate surface area is 143 Å². The molecule has 0 aliphatic carbocycles. The third-order valence-electron chi connectivity index (χ3n) is 4.28. The number of carbonyl (C=O) groups is 1. The number of rotatable bonds is 17. The van der Waals surface area contributed by atoms with Crippen LogP contribution < -0.4 is 0 Å². The zero-order chi connectivity index (χ0) is 17.2. The normalized spacial score (nSPS) is 12.8. The van der Waals surface area contributed by atoms with Gasteiger partial charge in [-0.1, -0.05) is 89.7 Å². The lowest BCUT2D eigenvalue weighted by Crippen LogP contribution is -2.18. The van der Waals surface area contributed by atoms with E-state index < -0.39 is 12.1 Å². The molecule has 0 heterocycles. The van der Waals surface area contributed by atoms with E-state index in [0.717, 1.165) is 6.42 Å². The maximum absolute atomic E-state index is 10.4. The fourth-order valence-electron chi connectivity index (χ4n) is 2.72. The molecule has 1 atom stereocenters. The average molecular weight is 327 g/mol. The lowest BCUT2D eigenvalue weighted by atomic mass is 10.0. The van der Waals surface area contributed by atoms with Crippen molar-refractivity contribution in [3.63, 3.8) is 0 Å². The molecule has 0 aromatic rings. The molecule has 0 fully saturated rings. The summed E-state index contributed by atoms with van der Waals surface area (Å²) in [5.74, 6) is -1.13. The Bertz CT molecular complexity index is 287. The molecule has 2 N–H and O–H groups in total. The Balaban J connectivity index is 3.14. The molecular formula is C20H38O3. The number of carboxylic acid groups (broad SMARTS) is 1. The van der Waals surface area contributed by atoms with Crippen LogP contribution in [0.5, 0.6) is 0 Å². The highest BCUT2D eigenvalue weighted by Crippen LogP contribution is 2.12. The van der Waals surface area contributed by atoms with E-state index in [4.69, 9.17) is 10.2 Å². The number of hydrogen-bond donors (Lipinski definition) is 2. The summed E-state index contributed by atoms with van der Waals surface area (Å²) in [5.41, 5.74) is 0. The molecule has 0 saturated carbocycles. The van der Waals surface area contributed by atoms with Crippen LogP contribution in [0.3, 0.4) is 0 Å². The number of aliphatic carboxylic acids is 1. The van der Waals surface area contributed by atoms with Crippen LogP contribution in [0.1, 0.15) is 103 Å². The zero-order valence-corrected chi connectivity index (χ0v) is 15.1. The second-order valence-electron chi connectivity index (χ2n) is 6.58. The second-order valence-corrected chi connectivity index (χ2v) is 6.58. The number of carboxylic acids is 1. The fourth-order valence-corrected chi connectivity index (χ4v) is 2.72. The van der Waals surface area contributed by atoms with Gasteiger partial charge in [0, 0.05) is 0 Å². The zero-order valence-electron chi connectivity index (χ0n) is 15.1. The number of aliphatic hydroxyl groups excluding tert-OH is 1. The van der Waals surface area contributed by atoms with Crippen molar-refractivity contribution in [1.82, 2.24) is 0 Å². The SMILES string of the molecule is CCCCCCCCCCCCCC/C=C\CC[C@H](O)C(=O)O. The molecule has 0 rings (SSSR count). The Kier molecular flexibility index (Phi) is 16.9. The molecule has 0 aliphatic rings. The molecule has 0 bridgehead atoms. The van der Waals surface area contributed by atoms with Gasteiger partial charge in [-0.2, -0.15) is 0 Å². The Morgan fingerprint density at radius 2 is 1.22 bits per heavy atom. The maximum atomic E-state index is 10.4. The lowest BCUT2D eigenvalue weighted by molar-refractivity contribution is -0.146. The fraction of sp³-hybridized carbons (Fsp3) is 0.850. The molecule has 3 nitrogen and oxygen atoms in total. The van der Waals surface area contributed by atoms with Crippen molar-refractivity contribution in [1.29, 1.82) is 0 Å². The van der Waals surface area contributed by atoms with Crippen molar-refractivity contribution in [2.45, 2.75) is 109 Å². The van der Waals surface area contributed by atoms with Gasteiger partial charge in [-0.3, -0.25) is 0 Å². The first-order valence-corrected chi connectivity index (χ1v) is 9.74. The Hall–Kier alpha value is -0.830. The predicted molar refractivity (Wildman–Crippen MR) is 97.7 cm³/mol. The van der Waals surface area contributed by atoms with Crippen molar-refractivity contribution in [3.8, 4) is 0 Å².